The van der Waals surface area contributed by atoms with Crippen molar-refractivity contribution in [2.75, 3.05) is 0 Å². The molecular formula is C28H27N3O2S. The lowest BCUT2D eigenvalue weighted by Crippen LogP contribution is -2.27. The van der Waals surface area contributed by atoms with E-state index < -0.39 is 5.56 Å². The molecule has 0 amide bonds. The van der Waals surface area contributed by atoms with Crippen LogP contribution in [0.25, 0.3) is 11.4 Å². The Bertz CT molecular complexity index is 1460. The molecule has 1 N–H and O–H groups in total. The summed E-state index contributed by atoms with van der Waals surface area (Å²) in [5.74, 6) is 0.168. The molecule has 172 valence electrons. The van der Waals surface area contributed by atoms with E-state index in [0.29, 0.717) is 23.0 Å². The molecule has 4 rings (SSSR count). The first-order chi connectivity index (χ1) is 16.3. The third-order valence-corrected chi connectivity index (χ3v) is 6.12. The summed E-state index contributed by atoms with van der Waals surface area (Å²) in [7, 11) is 0. The Kier molecular flexibility index (Phi) is 6.61. The molecule has 0 saturated heterocycles. The van der Waals surface area contributed by atoms with Crippen molar-refractivity contribution in [2.45, 2.75) is 33.6 Å². The van der Waals surface area contributed by atoms with Gasteiger partial charge in [-0.2, -0.15) is 0 Å². The number of rotatable bonds is 5. The van der Waals surface area contributed by atoms with E-state index in [9.17, 15) is 9.90 Å². The fourth-order valence-electron chi connectivity index (χ4n) is 3.66. The normalized spacial score (nSPS) is 11.4. The topological polar surface area (TPSA) is 59.5 Å². The number of hydrogen-bond donors (Lipinski definition) is 1. The summed E-state index contributed by atoms with van der Waals surface area (Å²) in [4.78, 5) is 18.0. The maximum absolute atomic E-state index is 13.5. The minimum absolute atomic E-state index is 0.0580. The lowest BCUT2D eigenvalue weighted by molar-refractivity contribution is 0.430. The van der Waals surface area contributed by atoms with Gasteiger partial charge in [-0.05, 0) is 73.9 Å². The summed E-state index contributed by atoms with van der Waals surface area (Å²) < 4.78 is 3.10. The highest BCUT2D eigenvalue weighted by Gasteiger charge is 2.18. The Hall–Kier alpha value is -3.77. The molecule has 0 aliphatic carbocycles. The molecule has 6 heteroatoms. The summed E-state index contributed by atoms with van der Waals surface area (Å²) in [6.07, 6.45) is 1.41. The summed E-state index contributed by atoms with van der Waals surface area (Å²) >= 11 is 5.69. The number of nitrogens with zero attached hydrogens (tertiary/aromatic N) is 3. The molecule has 0 saturated carbocycles. The first kappa shape index (κ1) is 23.4. The Labute approximate surface area is 204 Å². The predicted molar refractivity (Wildman–Crippen MR) is 141 cm³/mol. The van der Waals surface area contributed by atoms with Gasteiger partial charge in [0, 0.05) is 6.21 Å². The summed E-state index contributed by atoms with van der Waals surface area (Å²) in [5.41, 5.74) is 4.95. The number of aromatic hydroxyl groups is 1. The summed E-state index contributed by atoms with van der Waals surface area (Å²) in [6.45, 7) is 8.22. The van der Waals surface area contributed by atoms with Gasteiger partial charge in [0.2, 0.25) is 5.88 Å². The molecule has 3 aromatic carbocycles. The van der Waals surface area contributed by atoms with Crippen molar-refractivity contribution in [1.82, 2.24) is 9.13 Å². The standard InChI is InChI=1S/C28H27N3O2S/c1-18(2)21-9-11-22(12-10-21)29-17-25-26(32)30(23-13-5-19(3)6-14-23)28(34)31(27(25)33)24-15-7-20(4)8-16-24/h5-18,32H,1-4H3. The highest BCUT2D eigenvalue weighted by molar-refractivity contribution is 7.71. The number of aliphatic imine (C=N–C) groups is 1. The van der Waals surface area contributed by atoms with Crippen LogP contribution in [0, 0.1) is 18.6 Å². The van der Waals surface area contributed by atoms with Gasteiger partial charge in [0.1, 0.15) is 5.56 Å². The molecule has 0 aliphatic rings. The number of aromatic nitrogens is 2. The second kappa shape index (κ2) is 9.61. The smallest absolute Gasteiger partial charge is 0.271 e. The third-order valence-electron chi connectivity index (χ3n) is 5.76. The minimum Gasteiger partial charge on any atom is -0.494 e. The SMILES string of the molecule is Cc1ccc(-n2c(O)c(C=Nc3ccc(C(C)C)cc3)c(=O)n(-c3ccc(C)cc3)c2=S)cc1. The second-order valence-corrected chi connectivity index (χ2v) is 9.04. The molecule has 5 nitrogen and oxygen atoms in total. The van der Waals surface area contributed by atoms with Gasteiger partial charge in [-0.15, -0.1) is 0 Å². The van der Waals surface area contributed by atoms with Crippen LogP contribution in [0.5, 0.6) is 5.88 Å². The molecular weight excluding hydrogens is 442 g/mol. The monoisotopic (exact) mass is 469 g/mol. The largest absolute Gasteiger partial charge is 0.494 e. The Morgan fingerprint density at radius 3 is 1.82 bits per heavy atom. The van der Waals surface area contributed by atoms with Crippen LogP contribution in [0.2, 0.25) is 0 Å². The van der Waals surface area contributed by atoms with Crippen molar-refractivity contribution < 1.29 is 5.11 Å². The van der Waals surface area contributed by atoms with Gasteiger partial charge in [0.05, 0.1) is 17.1 Å². The fraction of sp³-hybridized carbons (Fsp3) is 0.179. The first-order valence-corrected chi connectivity index (χ1v) is 11.6. The van der Waals surface area contributed by atoms with E-state index in [1.54, 1.807) is 0 Å². The Morgan fingerprint density at radius 2 is 1.32 bits per heavy atom. The van der Waals surface area contributed by atoms with Gasteiger partial charge in [-0.3, -0.25) is 18.9 Å². The molecule has 0 atom stereocenters. The summed E-state index contributed by atoms with van der Waals surface area (Å²) in [5, 5.41) is 11.2. The lowest BCUT2D eigenvalue weighted by Gasteiger charge is -2.16. The lowest BCUT2D eigenvalue weighted by atomic mass is 10.0. The van der Waals surface area contributed by atoms with E-state index in [1.165, 1.54) is 20.9 Å². The molecule has 0 aliphatic heterocycles. The van der Waals surface area contributed by atoms with Gasteiger partial charge in [0.15, 0.2) is 4.77 Å². The minimum atomic E-state index is -0.433. The molecule has 4 aromatic rings. The predicted octanol–water partition coefficient (Wildman–Crippen LogP) is 6.55. The fourth-order valence-corrected chi connectivity index (χ4v) is 4.04. The van der Waals surface area contributed by atoms with Crippen LogP contribution >= 0.6 is 12.2 Å². The van der Waals surface area contributed by atoms with E-state index >= 15 is 0 Å². The molecule has 0 spiro atoms. The van der Waals surface area contributed by atoms with Crippen molar-refractivity contribution in [2.24, 2.45) is 4.99 Å². The van der Waals surface area contributed by atoms with Crippen LogP contribution in [0.3, 0.4) is 0 Å². The van der Waals surface area contributed by atoms with Crippen molar-refractivity contribution in [3.8, 4) is 17.3 Å². The molecule has 0 unspecified atom stereocenters. The van der Waals surface area contributed by atoms with E-state index in [-0.39, 0.29) is 16.2 Å². The van der Waals surface area contributed by atoms with Gasteiger partial charge in [-0.1, -0.05) is 61.4 Å². The number of benzene rings is 3. The van der Waals surface area contributed by atoms with Crippen LogP contribution < -0.4 is 5.56 Å². The van der Waals surface area contributed by atoms with Gasteiger partial charge >= 0.3 is 0 Å². The van der Waals surface area contributed by atoms with E-state index in [2.05, 4.69) is 18.8 Å². The van der Waals surface area contributed by atoms with Crippen molar-refractivity contribution in [3.63, 3.8) is 0 Å². The molecule has 34 heavy (non-hydrogen) atoms. The van der Waals surface area contributed by atoms with E-state index in [0.717, 1.165) is 11.1 Å². The molecule has 0 fully saturated rings. The van der Waals surface area contributed by atoms with E-state index in [1.807, 2.05) is 86.6 Å². The zero-order valence-electron chi connectivity index (χ0n) is 19.7. The number of aryl methyl sites for hydroxylation is 2. The van der Waals surface area contributed by atoms with Crippen molar-refractivity contribution in [3.05, 3.63) is 110 Å². The van der Waals surface area contributed by atoms with Crippen LogP contribution in [0.4, 0.5) is 5.69 Å². The van der Waals surface area contributed by atoms with Crippen LogP contribution in [-0.2, 0) is 0 Å². The zero-order chi connectivity index (χ0) is 24.4. The second-order valence-electron chi connectivity index (χ2n) is 8.67. The molecule has 1 heterocycles. The first-order valence-electron chi connectivity index (χ1n) is 11.2. The van der Waals surface area contributed by atoms with Gasteiger partial charge in [-0.25, -0.2) is 0 Å². The van der Waals surface area contributed by atoms with Crippen LogP contribution in [0.15, 0.2) is 82.6 Å². The zero-order valence-corrected chi connectivity index (χ0v) is 20.5. The van der Waals surface area contributed by atoms with Gasteiger partial charge < -0.3 is 5.11 Å². The number of hydrogen-bond acceptors (Lipinski definition) is 4. The molecule has 0 radical (unpaired) electrons. The van der Waals surface area contributed by atoms with Crippen molar-refractivity contribution in [1.29, 1.82) is 0 Å². The van der Waals surface area contributed by atoms with Crippen LogP contribution in [0.1, 0.15) is 42.0 Å². The summed E-state index contributed by atoms with van der Waals surface area (Å²) in [6, 6.07) is 22.9. The third kappa shape index (κ3) is 4.63. The quantitative estimate of drug-likeness (QED) is 0.266. The Morgan fingerprint density at radius 1 is 0.824 bits per heavy atom. The highest BCUT2D eigenvalue weighted by Crippen LogP contribution is 2.23. The van der Waals surface area contributed by atoms with Crippen LogP contribution in [-0.4, -0.2) is 20.5 Å². The average molecular weight is 470 g/mol. The van der Waals surface area contributed by atoms with Gasteiger partial charge in [0.25, 0.3) is 5.56 Å². The highest BCUT2D eigenvalue weighted by atomic mass is 32.1. The van der Waals surface area contributed by atoms with Crippen molar-refractivity contribution >= 4 is 24.1 Å². The van der Waals surface area contributed by atoms with E-state index in [4.69, 9.17) is 12.2 Å². The molecule has 0 bridgehead atoms. The Balaban J connectivity index is 1.93. The molecule has 1 aromatic heterocycles. The maximum atomic E-state index is 13.5. The maximum Gasteiger partial charge on any atom is 0.271 e. The average Bonchev–Trinajstić information content (AvgIpc) is 2.81.